The van der Waals surface area contributed by atoms with Gasteiger partial charge in [0.25, 0.3) is 0 Å². The second-order valence-corrected chi connectivity index (χ2v) is 8.90. The lowest BCUT2D eigenvalue weighted by molar-refractivity contribution is 0.246. The van der Waals surface area contributed by atoms with Crippen LogP contribution in [0.4, 0.5) is 0 Å². The molecule has 1 heterocycles. The standard InChI is InChI=1S/C16H29N3O2S/c1-5-8-18(11-14-6-7-14)12-15-9-17-16(22(4,20)21)19(15)10-13(2)3/h9,13-14H,5-8,10-12H2,1-4H3. The van der Waals surface area contributed by atoms with Gasteiger partial charge in [-0.25, -0.2) is 13.4 Å². The molecule has 0 spiro atoms. The molecule has 0 bridgehead atoms. The van der Waals surface area contributed by atoms with Gasteiger partial charge in [-0.1, -0.05) is 20.8 Å². The maximum Gasteiger partial charge on any atom is 0.227 e. The smallest absolute Gasteiger partial charge is 0.227 e. The number of rotatable bonds is 9. The van der Waals surface area contributed by atoms with Crippen LogP contribution < -0.4 is 0 Å². The van der Waals surface area contributed by atoms with Crippen LogP contribution in [-0.2, 0) is 22.9 Å². The van der Waals surface area contributed by atoms with Crippen LogP contribution in [0.2, 0.25) is 0 Å². The number of aromatic nitrogens is 2. The molecular formula is C16H29N3O2S. The van der Waals surface area contributed by atoms with Crippen molar-refractivity contribution < 1.29 is 8.42 Å². The van der Waals surface area contributed by atoms with Gasteiger partial charge in [-0.3, -0.25) is 4.90 Å². The molecule has 0 saturated heterocycles. The van der Waals surface area contributed by atoms with Crippen molar-refractivity contribution in [3.63, 3.8) is 0 Å². The topological polar surface area (TPSA) is 55.2 Å². The SMILES string of the molecule is CCCN(Cc1cnc(S(C)(=O)=O)n1CC(C)C)CC1CC1. The molecule has 1 aliphatic carbocycles. The molecular weight excluding hydrogens is 298 g/mol. The molecule has 0 atom stereocenters. The van der Waals surface area contributed by atoms with E-state index in [1.54, 1.807) is 6.20 Å². The molecule has 1 aliphatic rings. The van der Waals surface area contributed by atoms with Crippen molar-refractivity contribution in [2.24, 2.45) is 11.8 Å². The highest BCUT2D eigenvalue weighted by molar-refractivity contribution is 7.90. The highest BCUT2D eigenvalue weighted by Gasteiger charge is 2.26. The molecule has 0 radical (unpaired) electrons. The van der Waals surface area contributed by atoms with Crippen LogP contribution in [0, 0.1) is 11.8 Å². The van der Waals surface area contributed by atoms with Gasteiger partial charge in [0.1, 0.15) is 0 Å². The van der Waals surface area contributed by atoms with E-state index in [0.29, 0.717) is 12.5 Å². The van der Waals surface area contributed by atoms with Gasteiger partial charge < -0.3 is 4.57 Å². The van der Waals surface area contributed by atoms with Crippen molar-refractivity contribution in [2.75, 3.05) is 19.3 Å². The minimum absolute atomic E-state index is 0.207. The molecule has 0 amide bonds. The van der Waals surface area contributed by atoms with Gasteiger partial charge in [0, 0.05) is 25.9 Å². The zero-order chi connectivity index (χ0) is 16.3. The van der Waals surface area contributed by atoms with Crippen molar-refractivity contribution in [1.82, 2.24) is 14.5 Å². The van der Waals surface area contributed by atoms with E-state index in [1.165, 1.54) is 19.1 Å². The lowest BCUT2D eigenvalue weighted by Gasteiger charge is -2.23. The van der Waals surface area contributed by atoms with Crippen LogP contribution >= 0.6 is 0 Å². The predicted octanol–water partition coefficient (Wildman–Crippen LogP) is 2.56. The van der Waals surface area contributed by atoms with Gasteiger partial charge in [-0.2, -0.15) is 0 Å². The third kappa shape index (κ3) is 4.81. The average molecular weight is 327 g/mol. The first-order valence-electron chi connectivity index (χ1n) is 8.28. The maximum atomic E-state index is 12.0. The van der Waals surface area contributed by atoms with Crippen molar-refractivity contribution in [3.8, 4) is 0 Å². The second-order valence-electron chi connectivity index (χ2n) is 6.99. The van der Waals surface area contributed by atoms with E-state index in [1.807, 2.05) is 4.57 Å². The molecule has 0 aliphatic heterocycles. The molecule has 1 saturated carbocycles. The van der Waals surface area contributed by atoms with Crippen LogP contribution in [0.15, 0.2) is 11.4 Å². The Labute approximate surface area is 134 Å². The summed E-state index contributed by atoms with van der Waals surface area (Å²) in [6.07, 6.45) is 6.77. The van der Waals surface area contributed by atoms with Crippen molar-refractivity contribution in [3.05, 3.63) is 11.9 Å². The Morgan fingerprint density at radius 3 is 2.59 bits per heavy atom. The Hall–Kier alpha value is -0.880. The lowest BCUT2D eigenvalue weighted by atomic mass is 10.2. The number of hydrogen-bond donors (Lipinski definition) is 0. The molecule has 5 nitrogen and oxygen atoms in total. The molecule has 0 unspecified atom stereocenters. The summed E-state index contributed by atoms with van der Waals surface area (Å²) in [6.45, 7) is 10.0. The number of imidazole rings is 1. The van der Waals surface area contributed by atoms with Crippen molar-refractivity contribution >= 4 is 9.84 Å². The van der Waals surface area contributed by atoms with E-state index < -0.39 is 9.84 Å². The summed E-state index contributed by atoms with van der Waals surface area (Å²) >= 11 is 0. The number of hydrogen-bond acceptors (Lipinski definition) is 4. The lowest BCUT2D eigenvalue weighted by Crippen LogP contribution is -2.28. The van der Waals surface area contributed by atoms with Gasteiger partial charge in [0.15, 0.2) is 0 Å². The molecule has 0 aromatic carbocycles. The fourth-order valence-corrected chi connectivity index (χ4v) is 3.66. The van der Waals surface area contributed by atoms with E-state index >= 15 is 0 Å². The third-order valence-electron chi connectivity index (χ3n) is 3.92. The van der Waals surface area contributed by atoms with Crippen LogP contribution in [0.5, 0.6) is 0 Å². The second kappa shape index (κ2) is 7.13. The van der Waals surface area contributed by atoms with E-state index in [-0.39, 0.29) is 5.16 Å². The minimum atomic E-state index is -3.28. The fourth-order valence-electron chi connectivity index (χ4n) is 2.82. The maximum absolute atomic E-state index is 12.0. The molecule has 1 aromatic rings. The van der Waals surface area contributed by atoms with Crippen LogP contribution in [0.1, 0.15) is 45.7 Å². The van der Waals surface area contributed by atoms with Gasteiger partial charge >= 0.3 is 0 Å². The zero-order valence-electron chi connectivity index (χ0n) is 14.2. The van der Waals surface area contributed by atoms with E-state index in [4.69, 9.17) is 0 Å². The van der Waals surface area contributed by atoms with E-state index in [2.05, 4.69) is 30.7 Å². The summed E-state index contributed by atoms with van der Waals surface area (Å²) in [5, 5.41) is 0.207. The summed E-state index contributed by atoms with van der Waals surface area (Å²) in [6, 6.07) is 0. The molecule has 1 aromatic heterocycles. The quantitative estimate of drug-likeness (QED) is 0.699. The zero-order valence-corrected chi connectivity index (χ0v) is 15.1. The first kappa shape index (κ1) is 17.5. The monoisotopic (exact) mass is 327 g/mol. The van der Waals surface area contributed by atoms with Gasteiger partial charge in [0.05, 0.1) is 11.9 Å². The highest BCUT2D eigenvalue weighted by atomic mass is 32.2. The highest BCUT2D eigenvalue weighted by Crippen LogP contribution is 2.30. The number of nitrogens with zero attached hydrogens (tertiary/aromatic N) is 3. The summed E-state index contributed by atoms with van der Waals surface area (Å²) in [7, 11) is -3.28. The molecule has 1 fully saturated rings. The molecule has 0 N–H and O–H groups in total. The Morgan fingerprint density at radius 1 is 1.41 bits per heavy atom. The van der Waals surface area contributed by atoms with Crippen LogP contribution in [0.3, 0.4) is 0 Å². The van der Waals surface area contributed by atoms with Crippen LogP contribution in [0.25, 0.3) is 0 Å². The summed E-state index contributed by atoms with van der Waals surface area (Å²) < 4.78 is 25.8. The summed E-state index contributed by atoms with van der Waals surface area (Å²) in [5.41, 5.74) is 1.02. The first-order chi connectivity index (χ1) is 10.3. The minimum Gasteiger partial charge on any atom is -0.317 e. The Balaban J connectivity index is 2.22. The summed E-state index contributed by atoms with van der Waals surface area (Å²) in [5.74, 6) is 1.22. The van der Waals surface area contributed by atoms with Crippen molar-refractivity contribution in [2.45, 2.75) is 58.3 Å². The van der Waals surface area contributed by atoms with Gasteiger partial charge in [0.2, 0.25) is 15.0 Å². The molecule has 2 rings (SSSR count). The largest absolute Gasteiger partial charge is 0.317 e. The van der Waals surface area contributed by atoms with Crippen LogP contribution in [-0.4, -0.2) is 42.2 Å². The Bertz CT molecular complexity index is 589. The number of sulfone groups is 1. The van der Waals surface area contributed by atoms with Crippen molar-refractivity contribution in [1.29, 1.82) is 0 Å². The van der Waals surface area contributed by atoms with Gasteiger partial charge in [-0.15, -0.1) is 0 Å². The molecule has 22 heavy (non-hydrogen) atoms. The Morgan fingerprint density at radius 2 is 2.09 bits per heavy atom. The average Bonchev–Trinajstić information content (AvgIpc) is 3.10. The third-order valence-corrected chi connectivity index (χ3v) is 4.91. The van der Waals surface area contributed by atoms with E-state index in [0.717, 1.165) is 37.7 Å². The van der Waals surface area contributed by atoms with Gasteiger partial charge in [-0.05, 0) is 37.6 Å². The Kier molecular flexibility index (Phi) is 5.66. The molecule has 6 heteroatoms. The predicted molar refractivity (Wildman–Crippen MR) is 88.5 cm³/mol. The van der Waals surface area contributed by atoms with E-state index in [9.17, 15) is 8.42 Å². The fraction of sp³-hybridized carbons (Fsp3) is 0.812. The normalized spacial score (nSPS) is 15.9. The summed E-state index contributed by atoms with van der Waals surface area (Å²) in [4.78, 5) is 6.64. The molecule has 126 valence electrons. The first-order valence-corrected chi connectivity index (χ1v) is 10.2.